The smallest absolute Gasteiger partial charge is 0.175 e. The predicted octanol–water partition coefficient (Wildman–Crippen LogP) is 3.24. The number of hydrogen-bond donors (Lipinski definition) is 3. The van der Waals surface area contributed by atoms with Crippen LogP contribution in [0.1, 0.15) is 18.1 Å². The Morgan fingerprint density at radius 1 is 1.11 bits per heavy atom. The Hall–Kier alpha value is -1.67. The maximum atomic E-state index is 13.0. The number of nitrogens with one attached hydrogen (secondary N) is 2. The Labute approximate surface area is 168 Å². The van der Waals surface area contributed by atoms with Gasteiger partial charge in [-0.05, 0) is 58.2 Å². The second-order valence-corrected chi connectivity index (χ2v) is 7.11. The number of aliphatic hydroxyl groups is 1. The molecule has 0 fully saturated rings. The molecule has 2 rings (SSSR count). The van der Waals surface area contributed by atoms with E-state index in [0.717, 1.165) is 28.7 Å². The monoisotopic (exact) mass is 440 g/mol. The summed E-state index contributed by atoms with van der Waals surface area (Å²) in [5.74, 6) is 0.982. The lowest BCUT2D eigenvalue weighted by atomic mass is 10.2. The van der Waals surface area contributed by atoms with Gasteiger partial charge in [-0.3, -0.25) is 0 Å². The second-order valence-electron chi connectivity index (χ2n) is 6.25. The number of methoxy groups -OCH3 is 1. The van der Waals surface area contributed by atoms with Gasteiger partial charge in [-0.25, -0.2) is 4.39 Å². The Bertz CT molecular complexity index is 711. The summed E-state index contributed by atoms with van der Waals surface area (Å²) in [6.07, 6.45) is -0.340. The second kappa shape index (κ2) is 11.2. The van der Waals surface area contributed by atoms with Gasteiger partial charge in [0.1, 0.15) is 12.4 Å². The average molecular weight is 441 g/mol. The van der Waals surface area contributed by atoms with E-state index >= 15 is 0 Å². The molecule has 27 heavy (non-hydrogen) atoms. The summed E-state index contributed by atoms with van der Waals surface area (Å²) in [6.45, 7) is 4.91. The quantitative estimate of drug-likeness (QED) is 0.468. The van der Waals surface area contributed by atoms with Crippen molar-refractivity contribution < 1.29 is 19.0 Å². The van der Waals surface area contributed by atoms with Crippen molar-refractivity contribution in [1.82, 2.24) is 10.6 Å². The molecule has 0 amide bonds. The first-order valence-corrected chi connectivity index (χ1v) is 9.62. The Balaban J connectivity index is 1.90. The molecular formula is C20H26BrFN2O3. The lowest BCUT2D eigenvalue weighted by Gasteiger charge is -2.15. The third-order valence-corrected chi connectivity index (χ3v) is 4.42. The summed E-state index contributed by atoms with van der Waals surface area (Å²) in [7, 11) is 1.60. The van der Waals surface area contributed by atoms with Gasteiger partial charge in [-0.1, -0.05) is 12.1 Å². The number of benzene rings is 2. The minimum absolute atomic E-state index is 0.268. The molecule has 0 bridgehead atoms. The first-order valence-electron chi connectivity index (χ1n) is 8.82. The van der Waals surface area contributed by atoms with Gasteiger partial charge >= 0.3 is 0 Å². The number of aliphatic hydroxyl groups excluding tert-OH is 1. The molecule has 0 radical (unpaired) electrons. The summed E-state index contributed by atoms with van der Waals surface area (Å²) in [6, 6.07) is 10.1. The van der Waals surface area contributed by atoms with Gasteiger partial charge in [-0.2, -0.15) is 0 Å². The van der Waals surface area contributed by atoms with Crippen LogP contribution in [0.5, 0.6) is 11.5 Å². The zero-order chi connectivity index (χ0) is 19.6. The van der Waals surface area contributed by atoms with Crippen LogP contribution in [0.4, 0.5) is 4.39 Å². The van der Waals surface area contributed by atoms with Gasteiger partial charge in [0.25, 0.3) is 0 Å². The van der Waals surface area contributed by atoms with Crippen molar-refractivity contribution in [1.29, 1.82) is 0 Å². The molecule has 1 atom stereocenters. The molecule has 148 valence electrons. The molecule has 5 nitrogen and oxygen atoms in total. The fourth-order valence-electron chi connectivity index (χ4n) is 2.47. The molecule has 0 spiro atoms. The maximum Gasteiger partial charge on any atom is 0.175 e. The van der Waals surface area contributed by atoms with Crippen molar-refractivity contribution in [2.75, 3.05) is 26.7 Å². The first kappa shape index (κ1) is 21.6. The van der Waals surface area contributed by atoms with E-state index in [2.05, 4.69) is 26.6 Å². The maximum absolute atomic E-state index is 13.0. The van der Waals surface area contributed by atoms with Crippen LogP contribution < -0.4 is 20.1 Å². The Kier molecular flexibility index (Phi) is 9.00. The summed E-state index contributed by atoms with van der Waals surface area (Å²) in [5.41, 5.74) is 1.93. The molecule has 2 aromatic rings. The van der Waals surface area contributed by atoms with Gasteiger partial charge < -0.3 is 25.2 Å². The molecule has 3 N–H and O–H groups in total. The third kappa shape index (κ3) is 7.46. The standard InChI is InChI=1S/C20H26BrFN2O3/c1-14(25)11-23-7-8-24-12-16-9-18(21)20(19(10-16)26-2)27-13-15-3-5-17(22)6-4-15/h3-6,9-10,14,23-25H,7-8,11-13H2,1-2H3/t14-/m0/s1. The van der Waals surface area contributed by atoms with E-state index in [0.29, 0.717) is 31.2 Å². The average Bonchev–Trinajstić information content (AvgIpc) is 2.64. The first-order chi connectivity index (χ1) is 13.0. The highest BCUT2D eigenvalue weighted by molar-refractivity contribution is 9.10. The molecule has 0 unspecified atom stereocenters. The van der Waals surface area contributed by atoms with E-state index in [-0.39, 0.29) is 11.9 Å². The fourth-order valence-corrected chi connectivity index (χ4v) is 3.08. The molecule has 7 heteroatoms. The van der Waals surface area contributed by atoms with E-state index in [1.807, 2.05) is 12.1 Å². The van der Waals surface area contributed by atoms with E-state index in [1.165, 1.54) is 12.1 Å². The van der Waals surface area contributed by atoms with Crippen LogP contribution in [0, 0.1) is 5.82 Å². The van der Waals surface area contributed by atoms with E-state index in [1.54, 1.807) is 26.2 Å². The van der Waals surface area contributed by atoms with Crippen LogP contribution in [0.2, 0.25) is 0 Å². The lowest BCUT2D eigenvalue weighted by molar-refractivity contribution is 0.191. The lowest BCUT2D eigenvalue weighted by Crippen LogP contribution is -2.31. The minimum Gasteiger partial charge on any atom is -0.493 e. The molecule has 0 heterocycles. The molecule has 0 saturated carbocycles. The molecule has 0 aliphatic heterocycles. The highest BCUT2D eigenvalue weighted by Crippen LogP contribution is 2.37. The van der Waals surface area contributed by atoms with Gasteiger partial charge in [0, 0.05) is 26.2 Å². The van der Waals surface area contributed by atoms with Crippen molar-refractivity contribution >= 4 is 15.9 Å². The van der Waals surface area contributed by atoms with Crippen LogP contribution >= 0.6 is 15.9 Å². The van der Waals surface area contributed by atoms with Crippen LogP contribution in [-0.4, -0.2) is 38.0 Å². The van der Waals surface area contributed by atoms with Gasteiger partial charge in [0.05, 0.1) is 17.7 Å². The molecule has 0 aliphatic rings. The van der Waals surface area contributed by atoms with Gasteiger partial charge in [-0.15, -0.1) is 0 Å². The molecule has 2 aromatic carbocycles. The van der Waals surface area contributed by atoms with Crippen molar-refractivity contribution in [2.24, 2.45) is 0 Å². The van der Waals surface area contributed by atoms with Gasteiger partial charge in [0.15, 0.2) is 11.5 Å². The summed E-state index contributed by atoms with van der Waals surface area (Å²) in [5, 5.41) is 15.7. The number of rotatable bonds is 11. The van der Waals surface area contributed by atoms with Gasteiger partial charge in [0.2, 0.25) is 0 Å². The SMILES string of the molecule is COc1cc(CNCCNC[C@H](C)O)cc(Br)c1OCc1ccc(F)cc1. The zero-order valence-electron chi connectivity index (χ0n) is 15.6. The topological polar surface area (TPSA) is 62.8 Å². The van der Waals surface area contributed by atoms with E-state index in [9.17, 15) is 9.50 Å². The normalized spacial score (nSPS) is 12.0. The number of ether oxygens (including phenoxy) is 2. The Morgan fingerprint density at radius 2 is 1.81 bits per heavy atom. The molecule has 0 aliphatic carbocycles. The van der Waals surface area contributed by atoms with Crippen LogP contribution in [0.15, 0.2) is 40.9 Å². The fraction of sp³-hybridized carbons (Fsp3) is 0.400. The van der Waals surface area contributed by atoms with Crippen LogP contribution in [0.25, 0.3) is 0 Å². The van der Waals surface area contributed by atoms with Crippen molar-refractivity contribution in [3.8, 4) is 11.5 Å². The highest BCUT2D eigenvalue weighted by Gasteiger charge is 2.12. The van der Waals surface area contributed by atoms with Crippen molar-refractivity contribution in [2.45, 2.75) is 26.2 Å². The van der Waals surface area contributed by atoms with E-state index in [4.69, 9.17) is 9.47 Å². The van der Waals surface area contributed by atoms with Crippen LogP contribution in [0.3, 0.4) is 0 Å². The molecule has 0 aromatic heterocycles. The van der Waals surface area contributed by atoms with E-state index < -0.39 is 0 Å². The minimum atomic E-state index is -0.340. The largest absolute Gasteiger partial charge is 0.493 e. The number of halogens is 2. The highest BCUT2D eigenvalue weighted by atomic mass is 79.9. The summed E-state index contributed by atoms with van der Waals surface area (Å²) < 4.78 is 25.1. The summed E-state index contributed by atoms with van der Waals surface area (Å²) >= 11 is 3.54. The zero-order valence-corrected chi connectivity index (χ0v) is 17.2. The molecular weight excluding hydrogens is 415 g/mol. The van der Waals surface area contributed by atoms with Crippen LogP contribution in [-0.2, 0) is 13.2 Å². The Morgan fingerprint density at radius 3 is 2.48 bits per heavy atom. The predicted molar refractivity (Wildman–Crippen MR) is 108 cm³/mol. The molecule has 0 saturated heterocycles. The van der Waals surface area contributed by atoms with Crippen molar-refractivity contribution in [3.63, 3.8) is 0 Å². The summed E-state index contributed by atoms with van der Waals surface area (Å²) in [4.78, 5) is 0. The number of hydrogen-bond acceptors (Lipinski definition) is 5. The third-order valence-electron chi connectivity index (χ3n) is 3.83. The van der Waals surface area contributed by atoms with Crippen molar-refractivity contribution in [3.05, 3.63) is 57.8 Å².